The van der Waals surface area contributed by atoms with Crippen LogP contribution in [-0.4, -0.2) is 33.9 Å². The molecule has 20 heavy (non-hydrogen) atoms. The highest BCUT2D eigenvalue weighted by Crippen LogP contribution is 2.15. The lowest BCUT2D eigenvalue weighted by atomic mass is 10.4. The fraction of sp³-hybridized carbons (Fsp3) is 0.167. The molecule has 0 saturated carbocycles. The molecule has 0 bridgehead atoms. The number of carbonyl (C=O) groups is 2. The van der Waals surface area contributed by atoms with Crippen LogP contribution in [0.1, 0.15) is 0 Å². The first-order chi connectivity index (χ1) is 9.35. The Bertz CT molecular complexity index is 622. The highest BCUT2D eigenvalue weighted by Gasteiger charge is 2.11. The van der Waals surface area contributed by atoms with Crippen LogP contribution in [0, 0.1) is 0 Å². The number of hydrogen-bond acceptors (Lipinski definition) is 5. The quantitative estimate of drug-likeness (QED) is 0.644. The van der Waals surface area contributed by atoms with Crippen LogP contribution in [0.25, 0.3) is 0 Å². The molecule has 1 aromatic carbocycles. The van der Waals surface area contributed by atoms with E-state index in [-0.39, 0.29) is 11.4 Å². The van der Waals surface area contributed by atoms with Crippen molar-refractivity contribution >= 4 is 33.3 Å². The summed E-state index contributed by atoms with van der Waals surface area (Å²) in [7, 11) is -2.56. The zero-order chi connectivity index (χ0) is 15.2. The van der Waals surface area contributed by atoms with Gasteiger partial charge in [0.1, 0.15) is 6.54 Å². The molecule has 0 saturated heterocycles. The van der Waals surface area contributed by atoms with Crippen molar-refractivity contribution in [1.82, 2.24) is 5.32 Å². The van der Waals surface area contributed by atoms with Gasteiger partial charge in [0.15, 0.2) is 9.84 Å². The van der Waals surface area contributed by atoms with Crippen molar-refractivity contribution < 1.29 is 22.7 Å². The average molecular weight is 318 g/mol. The average Bonchev–Trinajstić information content (AvgIpc) is 2.43. The van der Waals surface area contributed by atoms with E-state index in [2.05, 4.69) is 10.1 Å². The molecule has 0 heterocycles. The molecule has 0 radical (unpaired) electrons. The van der Waals surface area contributed by atoms with Crippen LogP contribution in [0.3, 0.4) is 0 Å². The lowest BCUT2D eigenvalue weighted by Crippen LogP contribution is -2.28. The lowest BCUT2D eigenvalue weighted by molar-refractivity contribution is -0.140. The van der Waals surface area contributed by atoms with E-state index in [0.717, 1.165) is 11.5 Å². The molecule has 8 heteroatoms. The van der Waals surface area contributed by atoms with E-state index in [1.54, 1.807) is 0 Å². The van der Waals surface area contributed by atoms with Gasteiger partial charge in [0.05, 0.1) is 12.0 Å². The summed E-state index contributed by atoms with van der Waals surface area (Å²) in [6.07, 6.45) is 0.826. The van der Waals surface area contributed by atoms with Gasteiger partial charge < -0.3 is 10.1 Å². The first-order valence-electron chi connectivity index (χ1n) is 5.38. The van der Waals surface area contributed by atoms with E-state index >= 15 is 0 Å². The Morgan fingerprint density at radius 1 is 1.30 bits per heavy atom. The fourth-order valence-corrected chi connectivity index (χ4v) is 2.25. The lowest BCUT2D eigenvalue weighted by Gasteiger charge is -2.01. The van der Waals surface area contributed by atoms with Crippen molar-refractivity contribution in [3.63, 3.8) is 0 Å². The van der Waals surface area contributed by atoms with Crippen LogP contribution >= 0.6 is 11.6 Å². The molecule has 6 nitrogen and oxygen atoms in total. The van der Waals surface area contributed by atoms with Crippen LogP contribution in [0.2, 0.25) is 5.02 Å². The minimum atomic E-state index is -3.73. The van der Waals surface area contributed by atoms with Crippen molar-refractivity contribution in [2.24, 2.45) is 0 Å². The summed E-state index contributed by atoms with van der Waals surface area (Å²) in [5, 5.41) is 3.34. The number of nitrogens with one attached hydrogen (secondary N) is 1. The summed E-state index contributed by atoms with van der Waals surface area (Å²) >= 11 is 5.65. The van der Waals surface area contributed by atoms with Crippen molar-refractivity contribution in [2.75, 3.05) is 13.7 Å². The molecule has 1 rings (SSSR count). The molecule has 0 fully saturated rings. The van der Waals surface area contributed by atoms with Gasteiger partial charge in [-0.05, 0) is 24.3 Å². The Kier molecular flexibility index (Phi) is 5.72. The SMILES string of the molecule is COC(=O)CNC(=O)/C=C/S(=O)(=O)c1ccc(Cl)cc1. The number of amides is 1. The van der Waals surface area contributed by atoms with E-state index in [1.165, 1.54) is 31.4 Å². The number of esters is 1. The topological polar surface area (TPSA) is 89.5 Å². The number of methoxy groups -OCH3 is 1. The number of sulfone groups is 1. The van der Waals surface area contributed by atoms with Gasteiger partial charge in [0.25, 0.3) is 0 Å². The van der Waals surface area contributed by atoms with Gasteiger partial charge in [0.2, 0.25) is 5.91 Å². The maximum absolute atomic E-state index is 11.8. The third kappa shape index (κ3) is 5.02. The van der Waals surface area contributed by atoms with Crippen LogP contribution < -0.4 is 5.32 Å². The van der Waals surface area contributed by atoms with Gasteiger partial charge in [-0.15, -0.1) is 0 Å². The van der Waals surface area contributed by atoms with Crippen LogP contribution in [0.5, 0.6) is 0 Å². The molecular weight excluding hydrogens is 306 g/mol. The molecule has 0 aliphatic rings. The van der Waals surface area contributed by atoms with Crippen molar-refractivity contribution in [1.29, 1.82) is 0 Å². The van der Waals surface area contributed by atoms with E-state index in [0.29, 0.717) is 5.02 Å². The minimum Gasteiger partial charge on any atom is -0.468 e. The van der Waals surface area contributed by atoms with Gasteiger partial charge in [0, 0.05) is 16.5 Å². The van der Waals surface area contributed by atoms with Crippen LogP contribution in [0.15, 0.2) is 40.6 Å². The van der Waals surface area contributed by atoms with Gasteiger partial charge in [-0.3, -0.25) is 9.59 Å². The van der Waals surface area contributed by atoms with Crippen LogP contribution in [-0.2, 0) is 24.2 Å². The summed E-state index contributed by atoms with van der Waals surface area (Å²) < 4.78 is 28.0. The normalized spacial score (nSPS) is 11.3. The monoisotopic (exact) mass is 317 g/mol. The molecule has 1 aromatic rings. The number of benzene rings is 1. The van der Waals surface area contributed by atoms with Gasteiger partial charge in [-0.25, -0.2) is 8.42 Å². The Morgan fingerprint density at radius 2 is 1.90 bits per heavy atom. The smallest absolute Gasteiger partial charge is 0.325 e. The number of ether oxygens (including phenoxy) is 1. The summed E-state index contributed by atoms with van der Waals surface area (Å²) in [5.41, 5.74) is 0. The van der Waals surface area contributed by atoms with Gasteiger partial charge >= 0.3 is 5.97 Å². The second-order valence-electron chi connectivity index (χ2n) is 3.60. The molecule has 0 aliphatic carbocycles. The van der Waals surface area contributed by atoms with E-state index in [4.69, 9.17) is 11.6 Å². The summed E-state index contributed by atoms with van der Waals surface area (Å²) in [5.74, 6) is -1.35. The predicted molar refractivity (Wildman–Crippen MR) is 72.8 cm³/mol. The Morgan fingerprint density at radius 3 is 2.45 bits per heavy atom. The second-order valence-corrected chi connectivity index (χ2v) is 5.87. The third-order valence-electron chi connectivity index (χ3n) is 2.18. The third-order valence-corrected chi connectivity index (χ3v) is 3.85. The van der Waals surface area contributed by atoms with E-state index in [9.17, 15) is 18.0 Å². The molecule has 1 N–H and O–H groups in total. The van der Waals surface area contributed by atoms with Gasteiger partial charge in [-0.1, -0.05) is 11.6 Å². The molecule has 0 aromatic heterocycles. The van der Waals surface area contributed by atoms with Gasteiger partial charge in [-0.2, -0.15) is 0 Å². The zero-order valence-electron chi connectivity index (χ0n) is 10.5. The highest BCUT2D eigenvalue weighted by atomic mass is 35.5. The summed E-state index contributed by atoms with van der Waals surface area (Å²) in [4.78, 5) is 22.1. The predicted octanol–water partition coefficient (Wildman–Crippen LogP) is 0.917. The zero-order valence-corrected chi connectivity index (χ0v) is 12.1. The molecule has 0 aliphatic heterocycles. The van der Waals surface area contributed by atoms with E-state index < -0.39 is 21.7 Å². The maximum atomic E-state index is 11.8. The summed E-state index contributed by atoms with van der Waals surface area (Å²) in [6.45, 7) is -0.333. The highest BCUT2D eigenvalue weighted by molar-refractivity contribution is 7.94. The number of rotatable bonds is 5. The number of carbonyl (C=O) groups excluding carboxylic acids is 2. The number of halogens is 1. The summed E-state index contributed by atoms with van der Waals surface area (Å²) in [6, 6.07) is 5.52. The Hall–Kier alpha value is -1.86. The largest absolute Gasteiger partial charge is 0.468 e. The first-order valence-corrected chi connectivity index (χ1v) is 7.31. The fourth-order valence-electron chi connectivity index (χ4n) is 1.14. The number of hydrogen-bond donors (Lipinski definition) is 1. The Labute approximate surface area is 121 Å². The second kappa shape index (κ2) is 7.06. The van der Waals surface area contributed by atoms with Crippen molar-refractivity contribution in [2.45, 2.75) is 4.90 Å². The van der Waals surface area contributed by atoms with Crippen LogP contribution in [0.4, 0.5) is 0 Å². The molecule has 1 amide bonds. The molecule has 108 valence electrons. The van der Waals surface area contributed by atoms with Crippen molar-refractivity contribution in [3.05, 3.63) is 40.8 Å². The first kappa shape index (κ1) is 16.2. The van der Waals surface area contributed by atoms with E-state index in [1.807, 2.05) is 0 Å². The molecular formula is C12H12ClNO5S. The minimum absolute atomic E-state index is 0.0129. The maximum Gasteiger partial charge on any atom is 0.325 e. The molecule has 0 unspecified atom stereocenters. The van der Waals surface area contributed by atoms with Crippen molar-refractivity contribution in [3.8, 4) is 0 Å². The standard InChI is InChI=1S/C12H12ClNO5S/c1-19-12(16)8-14-11(15)6-7-20(17,18)10-4-2-9(13)3-5-10/h2-7H,8H2,1H3,(H,14,15)/b7-6+. The molecule has 0 spiro atoms. The Balaban J connectivity index is 2.71. The molecule has 0 atom stereocenters.